The van der Waals surface area contributed by atoms with E-state index in [1.54, 1.807) is 17.0 Å². The molecule has 1 amide bonds. The summed E-state index contributed by atoms with van der Waals surface area (Å²) in [7, 11) is 1.90. The number of piperazine rings is 1. The third-order valence-corrected chi connectivity index (χ3v) is 3.55. The van der Waals surface area contributed by atoms with Gasteiger partial charge >= 0.3 is 0 Å². The van der Waals surface area contributed by atoms with Gasteiger partial charge in [0, 0.05) is 19.1 Å². The summed E-state index contributed by atoms with van der Waals surface area (Å²) in [4.78, 5) is 16.2. The van der Waals surface area contributed by atoms with Gasteiger partial charge < -0.3 is 10.6 Å². The Morgan fingerprint density at radius 2 is 2.16 bits per heavy atom. The molecule has 1 saturated heterocycles. The topological polar surface area (TPSA) is 73.4 Å². The molecule has 1 aromatic rings. The molecular weight excluding hydrogens is 240 g/mol. The van der Waals surface area contributed by atoms with E-state index in [9.17, 15) is 10.1 Å². The fourth-order valence-electron chi connectivity index (χ4n) is 2.61. The molecule has 19 heavy (non-hydrogen) atoms. The summed E-state index contributed by atoms with van der Waals surface area (Å²) in [6.45, 7) is 3.01. The highest BCUT2D eigenvalue weighted by molar-refractivity contribution is 5.99. The summed E-state index contributed by atoms with van der Waals surface area (Å²) in [5.41, 5.74) is 6.88. The highest BCUT2D eigenvalue weighted by Crippen LogP contribution is 2.26. The molecular formula is C14H18N4O. The van der Waals surface area contributed by atoms with E-state index >= 15 is 0 Å². The van der Waals surface area contributed by atoms with Crippen LogP contribution in [0.4, 0.5) is 5.69 Å². The van der Waals surface area contributed by atoms with Crippen LogP contribution in [0, 0.1) is 11.3 Å². The molecule has 2 N–H and O–H groups in total. The first-order chi connectivity index (χ1) is 9.10. The molecule has 2 rings (SSSR count). The maximum Gasteiger partial charge on any atom is 0.245 e. The number of amides is 1. The third kappa shape index (κ3) is 2.33. The number of benzene rings is 1. The summed E-state index contributed by atoms with van der Waals surface area (Å²) < 4.78 is 0. The van der Waals surface area contributed by atoms with Crippen LogP contribution in [0.5, 0.6) is 0 Å². The van der Waals surface area contributed by atoms with Crippen molar-refractivity contribution in [2.45, 2.75) is 19.0 Å². The smallest absolute Gasteiger partial charge is 0.245 e. The van der Waals surface area contributed by atoms with Crippen molar-refractivity contribution in [2.24, 2.45) is 5.73 Å². The van der Waals surface area contributed by atoms with Gasteiger partial charge in [0.25, 0.3) is 0 Å². The number of para-hydroxylation sites is 1. The normalized spacial score (nSPS) is 24.3. The van der Waals surface area contributed by atoms with Crippen molar-refractivity contribution >= 4 is 11.6 Å². The molecule has 0 aromatic heterocycles. The van der Waals surface area contributed by atoms with Gasteiger partial charge in [-0.15, -0.1) is 0 Å². The minimum absolute atomic E-state index is 0.0230. The SMILES string of the molecule is CC1CN(C)C(CN)C(=O)N1c1ccccc1C#N. The fourth-order valence-corrected chi connectivity index (χ4v) is 2.61. The maximum atomic E-state index is 12.5. The van der Waals surface area contributed by atoms with Gasteiger partial charge in [-0.1, -0.05) is 12.1 Å². The van der Waals surface area contributed by atoms with Crippen molar-refractivity contribution in [3.05, 3.63) is 29.8 Å². The largest absolute Gasteiger partial charge is 0.328 e. The van der Waals surface area contributed by atoms with Crippen LogP contribution in [0.15, 0.2) is 24.3 Å². The molecule has 100 valence electrons. The van der Waals surface area contributed by atoms with E-state index < -0.39 is 0 Å². The van der Waals surface area contributed by atoms with Crippen molar-refractivity contribution in [1.82, 2.24) is 4.90 Å². The Bertz CT molecular complexity index is 522. The van der Waals surface area contributed by atoms with Crippen LogP contribution >= 0.6 is 0 Å². The zero-order chi connectivity index (χ0) is 14.0. The van der Waals surface area contributed by atoms with Gasteiger partial charge in [0.15, 0.2) is 0 Å². The molecule has 0 radical (unpaired) electrons. The van der Waals surface area contributed by atoms with Gasteiger partial charge in [0.05, 0.1) is 11.3 Å². The van der Waals surface area contributed by atoms with Crippen LogP contribution in [0.2, 0.25) is 0 Å². The first-order valence-corrected chi connectivity index (χ1v) is 6.32. The highest BCUT2D eigenvalue weighted by atomic mass is 16.2. The molecule has 5 nitrogen and oxygen atoms in total. The van der Waals surface area contributed by atoms with Gasteiger partial charge in [-0.05, 0) is 26.1 Å². The number of carbonyl (C=O) groups is 1. The van der Waals surface area contributed by atoms with E-state index in [-0.39, 0.29) is 24.5 Å². The van der Waals surface area contributed by atoms with E-state index in [0.717, 1.165) is 6.54 Å². The van der Waals surface area contributed by atoms with Crippen LogP contribution in [0.3, 0.4) is 0 Å². The number of hydrogen-bond acceptors (Lipinski definition) is 4. The molecule has 5 heteroatoms. The Morgan fingerprint density at radius 1 is 1.47 bits per heavy atom. The van der Waals surface area contributed by atoms with Crippen LogP contribution in [-0.4, -0.2) is 43.0 Å². The van der Waals surface area contributed by atoms with Crippen molar-refractivity contribution < 1.29 is 4.79 Å². The first-order valence-electron chi connectivity index (χ1n) is 6.32. The zero-order valence-electron chi connectivity index (χ0n) is 11.2. The Morgan fingerprint density at radius 3 is 2.79 bits per heavy atom. The predicted molar refractivity (Wildman–Crippen MR) is 73.6 cm³/mol. The quantitative estimate of drug-likeness (QED) is 0.841. The maximum absolute atomic E-state index is 12.5. The van der Waals surface area contributed by atoms with E-state index in [0.29, 0.717) is 11.3 Å². The third-order valence-electron chi connectivity index (χ3n) is 3.55. The number of anilines is 1. The summed E-state index contributed by atoms with van der Waals surface area (Å²) in [5.74, 6) is -0.0357. The number of hydrogen-bond donors (Lipinski definition) is 1. The van der Waals surface area contributed by atoms with Gasteiger partial charge in [-0.25, -0.2) is 0 Å². The molecule has 1 fully saturated rings. The Hall–Kier alpha value is -1.90. The van der Waals surface area contributed by atoms with Gasteiger partial charge in [0.1, 0.15) is 12.1 Å². The molecule has 1 aliphatic rings. The number of nitriles is 1. The number of likely N-dealkylation sites (N-methyl/N-ethyl adjacent to an activating group) is 1. The summed E-state index contributed by atoms with van der Waals surface area (Å²) in [6, 6.07) is 9.02. The lowest BCUT2D eigenvalue weighted by molar-refractivity contribution is -0.125. The van der Waals surface area contributed by atoms with Crippen LogP contribution < -0.4 is 10.6 Å². The number of carbonyl (C=O) groups excluding carboxylic acids is 1. The van der Waals surface area contributed by atoms with Crippen molar-refractivity contribution in [1.29, 1.82) is 5.26 Å². The Balaban J connectivity index is 2.43. The fraction of sp³-hybridized carbons (Fsp3) is 0.429. The zero-order valence-corrected chi connectivity index (χ0v) is 11.2. The number of nitrogens with zero attached hydrogens (tertiary/aromatic N) is 3. The lowest BCUT2D eigenvalue weighted by atomic mass is 10.0. The van der Waals surface area contributed by atoms with Crippen molar-refractivity contribution in [3.63, 3.8) is 0 Å². The molecule has 1 heterocycles. The average Bonchev–Trinajstić information content (AvgIpc) is 2.39. The standard InChI is InChI=1S/C14H18N4O/c1-10-9-17(2)13(8-16)14(19)18(10)12-6-4-3-5-11(12)7-15/h3-6,10,13H,8-9,16H2,1-2H3. The number of nitrogens with two attached hydrogens (primary N) is 1. The Labute approximate surface area is 113 Å². The summed E-state index contributed by atoms with van der Waals surface area (Å²) in [6.07, 6.45) is 0. The second kappa shape index (κ2) is 5.39. The first kappa shape index (κ1) is 13.5. The van der Waals surface area contributed by atoms with Gasteiger partial charge in [-0.3, -0.25) is 9.69 Å². The second-order valence-corrected chi connectivity index (χ2v) is 4.88. The Kier molecular flexibility index (Phi) is 3.84. The average molecular weight is 258 g/mol. The van der Waals surface area contributed by atoms with Crippen LogP contribution in [0.25, 0.3) is 0 Å². The number of rotatable bonds is 2. The summed E-state index contributed by atoms with van der Waals surface area (Å²) >= 11 is 0. The van der Waals surface area contributed by atoms with Crippen LogP contribution in [-0.2, 0) is 4.79 Å². The molecule has 0 saturated carbocycles. The molecule has 0 bridgehead atoms. The lowest BCUT2D eigenvalue weighted by Crippen LogP contribution is -2.62. The van der Waals surface area contributed by atoms with E-state index in [1.807, 2.05) is 31.0 Å². The van der Waals surface area contributed by atoms with Gasteiger partial charge in [-0.2, -0.15) is 5.26 Å². The minimum atomic E-state index is -0.317. The molecule has 1 aromatic carbocycles. The second-order valence-electron chi connectivity index (χ2n) is 4.88. The summed E-state index contributed by atoms with van der Waals surface area (Å²) in [5, 5.41) is 9.17. The predicted octanol–water partition coefficient (Wildman–Crippen LogP) is 0.552. The monoisotopic (exact) mass is 258 g/mol. The van der Waals surface area contributed by atoms with Crippen molar-refractivity contribution in [2.75, 3.05) is 25.0 Å². The minimum Gasteiger partial charge on any atom is -0.328 e. The van der Waals surface area contributed by atoms with Crippen LogP contribution in [0.1, 0.15) is 12.5 Å². The molecule has 0 aliphatic carbocycles. The van der Waals surface area contributed by atoms with E-state index in [1.165, 1.54) is 0 Å². The highest BCUT2D eigenvalue weighted by Gasteiger charge is 2.37. The van der Waals surface area contributed by atoms with E-state index in [4.69, 9.17) is 5.73 Å². The van der Waals surface area contributed by atoms with Crippen molar-refractivity contribution in [3.8, 4) is 6.07 Å². The molecule has 0 spiro atoms. The molecule has 1 aliphatic heterocycles. The van der Waals surface area contributed by atoms with Gasteiger partial charge in [0.2, 0.25) is 5.91 Å². The van der Waals surface area contributed by atoms with E-state index in [2.05, 4.69) is 6.07 Å². The molecule has 2 atom stereocenters. The lowest BCUT2D eigenvalue weighted by Gasteiger charge is -2.42. The molecule has 2 unspecified atom stereocenters.